The lowest BCUT2D eigenvalue weighted by atomic mass is 9.94. The summed E-state index contributed by atoms with van der Waals surface area (Å²) in [5, 5.41) is 13.7. The van der Waals surface area contributed by atoms with E-state index in [4.69, 9.17) is 10.5 Å². The number of ether oxygens (including phenoxy) is 1. The highest BCUT2D eigenvalue weighted by atomic mass is 32.1. The summed E-state index contributed by atoms with van der Waals surface area (Å²) in [6, 6.07) is 18.9. The van der Waals surface area contributed by atoms with Crippen LogP contribution >= 0.6 is 11.3 Å². The highest BCUT2D eigenvalue weighted by Crippen LogP contribution is 2.13. The maximum Gasteiger partial charge on any atom is 0.407 e. The molecule has 0 aliphatic carbocycles. The van der Waals surface area contributed by atoms with E-state index in [-0.39, 0.29) is 12.6 Å². The lowest BCUT2D eigenvalue weighted by molar-refractivity contribution is 0.0925. The molecule has 1 aromatic heterocycles. The van der Waals surface area contributed by atoms with Crippen molar-refractivity contribution in [3.8, 4) is 0 Å². The molecule has 0 aliphatic rings. The van der Waals surface area contributed by atoms with Gasteiger partial charge in [0.15, 0.2) is 0 Å². The lowest BCUT2D eigenvalue weighted by Crippen LogP contribution is -2.47. The molecule has 3 atom stereocenters. The number of carbonyl (C=O) groups excluding carboxylic acids is 1. The summed E-state index contributed by atoms with van der Waals surface area (Å²) in [6.45, 7) is 0.151. The molecule has 0 saturated carbocycles. The van der Waals surface area contributed by atoms with Crippen molar-refractivity contribution >= 4 is 17.4 Å². The maximum atomic E-state index is 12.3. The Kier molecular flexibility index (Phi) is 8.38. The SMILES string of the molecule is N[C@@H](Cc1ccccc1)C[C@@H](O)[C@H](Cc1ccccc1)NC(=O)OCc1cncs1. The van der Waals surface area contributed by atoms with Crippen LogP contribution in [0.4, 0.5) is 4.79 Å². The van der Waals surface area contributed by atoms with E-state index in [0.29, 0.717) is 19.3 Å². The van der Waals surface area contributed by atoms with Crippen molar-refractivity contribution in [1.29, 1.82) is 0 Å². The van der Waals surface area contributed by atoms with E-state index in [9.17, 15) is 9.90 Å². The zero-order valence-electron chi connectivity index (χ0n) is 16.7. The molecule has 3 rings (SSSR count). The Bertz CT molecular complexity index is 875. The molecule has 0 bridgehead atoms. The van der Waals surface area contributed by atoms with E-state index >= 15 is 0 Å². The van der Waals surface area contributed by atoms with E-state index in [1.54, 1.807) is 11.7 Å². The molecule has 30 heavy (non-hydrogen) atoms. The molecule has 3 aromatic rings. The van der Waals surface area contributed by atoms with Crippen LogP contribution < -0.4 is 11.1 Å². The third-order valence-electron chi connectivity index (χ3n) is 4.78. The van der Waals surface area contributed by atoms with Crippen molar-refractivity contribution in [2.45, 2.75) is 44.1 Å². The number of carbonyl (C=O) groups is 1. The van der Waals surface area contributed by atoms with Crippen LogP contribution in [-0.4, -0.2) is 34.4 Å². The van der Waals surface area contributed by atoms with E-state index < -0.39 is 18.2 Å². The molecule has 0 fully saturated rings. The Hall–Kier alpha value is -2.74. The van der Waals surface area contributed by atoms with Gasteiger partial charge < -0.3 is 20.9 Å². The number of benzene rings is 2. The first-order valence-electron chi connectivity index (χ1n) is 9.92. The van der Waals surface area contributed by atoms with Gasteiger partial charge in [0.25, 0.3) is 0 Å². The average Bonchev–Trinajstić information content (AvgIpc) is 3.27. The van der Waals surface area contributed by atoms with Crippen LogP contribution in [0.1, 0.15) is 22.4 Å². The number of alkyl carbamates (subject to hydrolysis) is 1. The van der Waals surface area contributed by atoms with Crippen LogP contribution in [-0.2, 0) is 24.2 Å². The number of amides is 1. The van der Waals surface area contributed by atoms with Gasteiger partial charge in [-0.25, -0.2) is 4.79 Å². The Morgan fingerprint density at radius 1 is 1.07 bits per heavy atom. The summed E-state index contributed by atoms with van der Waals surface area (Å²) in [6.07, 6.45) is 1.79. The highest BCUT2D eigenvalue weighted by molar-refractivity contribution is 7.09. The first-order chi connectivity index (χ1) is 14.6. The highest BCUT2D eigenvalue weighted by Gasteiger charge is 2.24. The predicted molar refractivity (Wildman–Crippen MR) is 118 cm³/mol. The summed E-state index contributed by atoms with van der Waals surface area (Å²) in [7, 11) is 0. The molecule has 0 saturated heterocycles. The van der Waals surface area contributed by atoms with E-state index in [1.165, 1.54) is 11.3 Å². The Labute approximate surface area is 180 Å². The number of aliphatic hydroxyl groups is 1. The molecule has 7 heteroatoms. The summed E-state index contributed by atoms with van der Waals surface area (Å²) in [5.74, 6) is 0. The number of nitrogens with two attached hydrogens (primary N) is 1. The van der Waals surface area contributed by atoms with E-state index in [0.717, 1.165) is 16.0 Å². The number of aliphatic hydroxyl groups excluding tert-OH is 1. The van der Waals surface area contributed by atoms with Gasteiger partial charge in [0, 0.05) is 12.2 Å². The minimum absolute atomic E-state index is 0.151. The molecule has 2 aromatic carbocycles. The molecule has 1 amide bonds. The van der Waals surface area contributed by atoms with Crippen LogP contribution in [0.15, 0.2) is 72.4 Å². The van der Waals surface area contributed by atoms with Gasteiger partial charge in [-0.15, -0.1) is 11.3 Å². The van der Waals surface area contributed by atoms with Gasteiger partial charge in [0.1, 0.15) is 6.61 Å². The molecule has 158 valence electrons. The van der Waals surface area contributed by atoms with Gasteiger partial charge in [-0.05, 0) is 30.4 Å². The predicted octanol–water partition coefficient (Wildman–Crippen LogP) is 3.30. The second-order valence-corrected chi connectivity index (χ2v) is 8.21. The normalized spacial score (nSPS) is 13.9. The lowest BCUT2D eigenvalue weighted by Gasteiger charge is -2.26. The summed E-state index contributed by atoms with van der Waals surface area (Å²) in [4.78, 5) is 17.2. The van der Waals surface area contributed by atoms with Crippen LogP contribution in [0.3, 0.4) is 0 Å². The smallest absolute Gasteiger partial charge is 0.407 e. The average molecular weight is 426 g/mol. The molecule has 1 heterocycles. The molecular formula is C23H27N3O3S. The zero-order valence-corrected chi connectivity index (χ0v) is 17.5. The third kappa shape index (κ3) is 7.26. The quantitative estimate of drug-likeness (QED) is 0.463. The molecular weight excluding hydrogens is 398 g/mol. The molecule has 0 unspecified atom stereocenters. The third-order valence-corrected chi connectivity index (χ3v) is 5.53. The first-order valence-corrected chi connectivity index (χ1v) is 10.8. The number of rotatable bonds is 10. The molecule has 0 spiro atoms. The number of thiazole rings is 1. The topological polar surface area (TPSA) is 97.5 Å². The van der Waals surface area contributed by atoms with Gasteiger partial charge >= 0.3 is 6.09 Å². The molecule has 4 N–H and O–H groups in total. The van der Waals surface area contributed by atoms with Gasteiger partial charge in [0.2, 0.25) is 0 Å². The minimum atomic E-state index is -0.806. The molecule has 6 nitrogen and oxygen atoms in total. The zero-order chi connectivity index (χ0) is 21.2. The number of aromatic nitrogens is 1. The van der Waals surface area contributed by atoms with Crippen LogP contribution in [0.2, 0.25) is 0 Å². The molecule has 0 radical (unpaired) electrons. The largest absolute Gasteiger partial charge is 0.444 e. The maximum absolute atomic E-state index is 12.3. The Balaban J connectivity index is 1.59. The Morgan fingerprint density at radius 3 is 2.30 bits per heavy atom. The van der Waals surface area contributed by atoms with Crippen LogP contribution in [0, 0.1) is 0 Å². The number of hydrogen-bond donors (Lipinski definition) is 3. The summed E-state index contributed by atoms with van der Waals surface area (Å²) < 4.78 is 5.28. The van der Waals surface area contributed by atoms with Gasteiger partial charge in [-0.2, -0.15) is 0 Å². The standard InChI is InChI=1S/C23H27N3O3S/c24-19(11-17-7-3-1-4-8-17)13-22(27)21(12-18-9-5-2-6-10-18)26-23(28)29-15-20-14-25-16-30-20/h1-10,14,16,19,21-22,27H,11-13,15,24H2,(H,26,28)/t19-,21-,22+/m0/s1. The molecule has 0 aliphatic heterocycles. The van der Waals surface area contributed by atoms with Crippen molar-refractivity contribution in [1.82, 2.24) is 10.3 Å². The summed E-state index contributed by atoms with van der Waals surface area (Å²) in [5.41, 5.74) is 10.1. The number of hydrogen-bond acceptors (Lipinski definition) is 6. The minimum Gasteiger partial charge on any atom is -0.444 e. The Morgan fingerprint density at radius 2 is 1.70 bits per heavy atom. The van der Waals surface area contributed by atoms with Crippen molar-refractivity contribution in [3.05, 3.63) is 88.4 Å². The fourth-order valence-corrected chi connectivity index (χ4v) is 3.77. The fraction of sp³-hybridized carbons (Fsp3) is 0.304. The van der Waals surface area contributed by atoms with Gasteiger partial charge in [-0.3, -0.25) is 4.98 Å². The van der Waals surface area contributed by atoms with Crippen molar-refractivity contribution in [2.75, 3.05) is 0 Å². The van der Waals surface area contributed by atoms with Crippen molar-refractivity contribution in [2.24, 2.45) is 5.73 Å². The second kappa shape index (κ2) is 11.4. The second-order valence-electron chi connectivity index (χ2n) is 7.24. The fourth-order valence-electron chi connectivity index (χ4n) is 3.27. The van der Waals surface area contributed by atoms with Gasteiger partial charge in [-0.1, -0.05) is 60.7 Å². The van der Waals surface area contributed by atoms with Crippen molar-refractivity contribution in [3.63, 3.8) is 0 Å². The first kappa shape index (κ1) is 22.0. The number of nitrogens with one attached hydrogen (secondary N) is 1. The monoisotopic (exact) mass is 425 g/mol. The summed E-state index contributed by atoms with van der Waals surface area (Å²) >= 11 is 1.42. The number of nitrogens with zero attached hydrogens (tertiary/aromatic N) is 1. The van der Waals surface area contributed by atoms with Crippen LogP contribution in [0.25, 0.3) is 0 Å². The van der Waals surface area contributed by atoms with Crippen molar-refractivity contribution < 1.29 is 14.6 Å². The van der Waals surface area contributed by atoms with E-state index in [2.05, 4.69) is 10.3 Å². The van der Waals surface area contributed by atoms with Gasteiger partial charge in [0.05, 0.1) is 22.5 Å². The van der Waals surface area contributed by atoms with E-state index in [1.807, 2.05) is 60.7 Å². The van der Waals surface area contributed by atoms with Crippen LogP contribution in [0.5, 0.6) is 0 Å².